The first-order valence-corrected chi connectivity index (χ1v) is 7.44. The van der Waals surface area contributed by atoms with E-state index in [1.54, 1.807) is 7.05 Å². The lowest BCUT2D eigenvalue weighted by molar-refractivity contribution is 0.00497. The van der Waals surface area contributed by atoms with Gasteiger partial charge in [0.1, 0.15) is 5.60 Å². The number of hydrogen-bond donors (Lipinski definition) is 1. The van der Waals surface area contributed by atoms with Crippen molar-refractivity contribution >= 4 is 17.8 Å². The van der Waals surface area contributed by atoms with Gasteiger partial charge in [-0.25, -0.2) is 22.8 Å². The predicted octanol–water partition coefficient (Wildman–Crippen LogP) is 2.55. The van der Waals surface area contributed by atoms with E-state index in [1.165, 1.54) is 9.80 Å². The zero-order chi connectivity index (χ0) is 17.5. The first-order chi connectivity index (χ1) is 11.3. The molecule has 1 aromatic carbocycles. The zero-order valence-corrected chi connectivity index (χ0v) is 12.9. The van der Waals surface area contributed by atoms with Crippen molar-refractivity contribution in [1.29, 1.82) is 0 Å². The minimum absolute atomic E-state index is 0.182. The van der Waals surface area contributed by atoms with Gasteiger partial charge in [-0.3, -0.25) is 0 Å². The van der Waals surface area contributed by atoms with E-state index in [9.17, 15) is 22.8 Å². The van der Waals surface area contributed by atoms with Crippen molar-refractivity contribution in [3.63, 3.8) is 0 Å². The maximum atomic E-state index is 13.2. The van der Waals surface area contributed by atoms with Crippen LogP contribution in [0.3, 0.4) is 0 Å². The molecule has 0 aromatic heterocycles. The van der Waals surface area contributed by atoms with Gasteiger partial charge in [0.2, 0.25) is 0 Å². The summed E-state index contributed by atoms with van der Waals surface area (Å²) in [7, 11) is 1.61. The van der Waals surface area contributed by atoms with Crippen molar-refractivity contribution in [2.24, 2.45) is 0 Å². The highest BCUT2D eigenvalue weighted by Gasteiger charge is 2.47. The molecular formula is C15H16F3N3O3. The summed E-state index contributed by atoms with van der Waals surface area (Å²) >= 11 is 0. The third-order valence-electron chi connectivity index (χ3n) is 4.20. The average molecular weight is 343 g/mol. The van der Waals surface area contributed by atoms with Crippen LogP contribution in [0.15, 0.2) is 12.1 Å². The molecule has 6 nitrogen and oxygen atoms in total. The number of amides is 3. The standard InChI is InChI=1S/C15H16F3N3O3/c1-20-7-15(24-14(20)23)3-2-4-21(8-15)13(22)19-9-5-10(16)12(18)11(17)6-9/h5-6H,2-4,7-8H2,1H3,(H,19,22)/t15-/m1/s1. The molecule has 3 rings (SSSR count). The second-order valence-electron chi connectivity index (χ2n) is 6.12. The van der Waals surface area contributed by atoms with Gasteiger partial charge in [0, 0.05) is 31.4 Å². The molecule has 2 saturated heterocycles. The van der Waals surface area contributed by atoms with Crippen LogP contribution < -0.4 is 5.32 Å². The third kappa shape index (κ3) is 2.98. The van der Waals surface area contributed by atoms with Crippen molar-refractivity contribution in [2.75, 3.05) is 32.0 Å². The molecule has 0 unspecified atom stereocenters. The topological polar surface area (TPSA) is 61.9 Å². The summed E-state index contributed by atoms with van der Waals surface area (Å²) in [5.74, 6) is -4.36. The second kappa shape index (κ2) is 5.88. The smallest absolute Gasteiger partial charge is 0.410 e. The van der Waals surface area contributed by atoms with Crippen molar-refractivity contribution < 1.29 is 27.5 Å². The summed E-state index contributed by atoms with van der Waals surface area (Å²) < 4.78 is 44.8. The van der Waals surface area contributed by atoms with Crippen LogP contribution in [-0.2, 0) is 4.74 Å². The molecule has 1 aromatic rings. The molecule has 0 saturated carbocycles. The maximum Gasteiger partial charge on any atom is 0.410 e. The Balaban J connectivity index is 1.70. The highest BCUT2D eigenvalue weighted by Crippen LogP contribution is 2.31. The number of halogens is 3. The van der Waals surface area contributed by atoms with Crippen LogP contribution >= 0.6 is 0 Å². The lowest BCUT2D eigenvalue weighted by Gasteiger charge is -2.38. The van der Waals surface area contributed by atoms with Crippen LogP contribution in [-0.4, -0.2) is 54.2 Å². The number of ether oxygens (including phenoxy) is 1. The van der Waals surface area contributed by atoms with E-state index in [1.807, 2.05) is 0 Å². The van der Waals surface area contributed by atoms with Crippen molar-refractivity contribution in [2.45, 2.75) is 18.4 Å². The molecule has 24 heavy (non-hydrogen) atoms. The minimum atomic E-state index is -1.59. The van der Waals surface area contributed by atoms with Crippen LogP contribution in [0.4, 0.5) is 28.4 Å². The fraction of sp³-hybridized carbons (Fsp3) is 0.467. The highest BCUT2D eigenvalue weighted by molar-refractivity contribution is 5.89. The number of nitrogens with one attached hydrogen (secondary N) is 1. The molecule has 0 radical (unpaired) electrons. The Morgan fingerprint density at radius 3 is 2.50 bits per heavy atom. The van der Waals surface area contributed by atoms with E-state index in [4.69, 9.17) is 4.74 Å². The number of benzene rings is 1. The van der Waals surface area contributed by atoms with Gasteiger partial charge >= 0.3 is 12.1 Å². The zero-order valence-electron chi connectivity index (χ0n) is 12.9. The monoisotopic (exact) mass is 343 g/mol. The Morgan fingerprint density at radius 2 is 1.92 bits per heavy atom. The number of piperidine rings is 1. The summed E-state index contributed by atoms with van der Waals surface area (Å²) in [5, 5.41) is 2.34. The van der Waals surface area contributed by atoms with Crippen molar-refractivity contribution in [1.82, 2.24) is 9.80 Å². The summed E-state index contributed by atoms with van der Waals surface area (Å²) in [5.41, 5.74) is -0.947. The van der Waals surface area contributed by atoms with Gasteiger partial charge in [-0.05, 0) is 12.8 Å². The fourth-order valence-corrected chi connectivity index (χ4v) is 3.11. The molecule has 0 aliphatic carbocycles. The van der Waals surface area contributed by atoms with Gasteiger partial charge in [-0.1, -0.05) is 0 Å². The molecular weight excluding hydrogens is 327 g/mol. The summed E-state index contributed by atoms with van der Waals surface area (Å²) in [6.45, 7) is 0.970. The van der Waals surface area contributed by atoms with E-state index in [0.717, 1.165) is 0 Å². The number of rotatable bonds is 1. The Morgan fingerprint density at radius 1 is 1.25 bits per heavy atom. The molecule has 2 fully saturated rings. The number of carbonyl (C=O) groups is 2. The van der Waals surface area contributed by atoms with E-state index < -0.39 is 35.2 Å². The summed E-state index contributed by atoms with van der Waals surface area (Å²) in [4.78, 5) is 26.7. The lowest BCUT2D eigenvalue weighted by Crippen LogP contribution is -2.53. The second-order valence-corrected chi connectivity index (χ2v) is 6.12. The lowest BCUT2D eigenvalue weighted by atomic mass is 9.93. The molecule has 2 aliphatic heterocycles. The number of hydrogen-bond acceptors (Lipinski definition) is 3. The molecule has 130 valence electrons. The maximum absolute atomic E-state index is 13.2. The quantitative estimate of drug-likeness (QED) is 0.797. The van der Waals surface area contributed by atoms with E-state index >= 15 is 0 Å². The number of carbonyl (C=O) groups excluding carboxylic acids is 2. The van der Waals surface area contributed by atoms with Gasteiger partial charge in [0.05, 0.1) is 13.1 Å². The SMILES string of the molecule is CN1C[C@@]2(CCCN(C(=O)Nc3cc(F)c(F)c(F)c3)C2)OC1=O. The number of nitrogens with zero attached hydrogens (tertiary/aromatic N) is 2. The molecule has 2 heterocycles. The molecule has 0 bridgehead atoms. The Hall–Kier alpha value is -2.45. The van der Waals surface area contributed by atoms with Gasteiger partial charge in [0.25, 0.3) is 0 Å². The third-order valence-corrected chi connectivity index (χ3v) is 4.20. The Kier molecular flexibility index (Phi) is 4.02. The minimum Gasteiger partial charge on any atom is -0.439 e. The van der Waals surface area contributed by atoms with Crippen LogP contribution in [0.5, 0.6) is 0 Å². The summed E-state index contributed by atoms with van der Waals surface area (Å²) in [6, 6.07) is 0.823. The van der Waals surface area contributed by atoms with E-state index in [2.05, 4.69) is 5.32 Å². The van der Waals surface area contributed by atoms with E-state index in [-0.39, 0.29) is 12.2 Å². The number of likely N-dealkylation sites (tertiary alicyclic amines) is 1. The first kappa shape index (κ1) is 16.4. The van der Waals surface area contributed by atoms with Gasteiger partial charge in [-0.2, -0.15) is 0 Å². The van der Waals surface area contributed by atoms with E-state index in [0.29, 0.717) is 38.1 Å². The van der Waals surface area contributed by atoms with Crippen LogP contribution in [0.1, 0.15) is 12.8 Å². The predicted molar refractivity (Wildman–Crippen MR) is 78.0 cm³/mol. The van der Waals surface area contributed by atoms with Gasteiger partial charge < -0.3 is 19.9 Å². The summed E-state index contributed by atoms with van der Waals surface area (Å²) in [6.07, 6.45) is 0.813. The molecule has 9 heteroatoms. The van der Waals surface area contributed by atoms with Gasteiger partial charge in [-0.15, -0.1) is 0 Å². The Bertz CT molecular complexity index is 677. The fourth-order valence-electron chi connectivity index (χ4n) is 3.11. The van der Waals surface area contributed by atoms with Gasteiger partial charge in [0.15, 0.2) is 17.5 Å². The molecule has 1 atom stereocenters. The van der Waals surface area contributed by atoms with Crippen molar-refractivity contribution in [3.05, 3.63) is 29.6 Å². The van der Waals surface area contributed by atoms with Crippen LogP contribution in [0.25, 0.3) is 0 Å². The normalized spacial score (nSPS) is 23.6. The number of likely N-dealkylation sites (N-methyl/N-ethyl adjacent to an activating group) is 1. The molecule has 2 aliphatic rings. The molecule has 1 N–H and O–H groups in total. The number of anilines is 1. The molecule has 1 spiro atoms. The van der Waals surface area contributed by atoms with Crippen molar-refractivity contribution in [3.8, 4) is 0 Å². The average Bonchev–Trinajstić information content (AvgIpc) is 2.78. The number of urea groups is 1. The highest BCUT2D eigenvalue weighted by atomic mass is 19.2. The largest absolute Gasteiger partial charge is 0.439 e. The van der Waals surface area contributed by atoms with Crippen LogP contribution in [0, 0.1) is 17.5 Å². The Labute approximate surface area is 136 Å². The molecule has 3 amide bonds. The van der Waals surface area contributed by atoms with Crippen LogP contribution in [0.2, 0.25) is 0 Å². The first-order valence-electron chi connectivity index (χ1n) is 7.44.